The molecule has 5 atom stereocenters. The lowest BCUT2D eigenvalue weighted by Gasteiger charge is -2.21. The van der Waals surface area contributed by atoms with Crippen LogP contribution in [-0.4, -0.2) is 96.7 Å². The van der Waals surface area contributed by atoms with Crippen LogP contribution in [0.3, 0.4) is 0 Å². The Bertz CT molecular complexity index is 1920. The zero-order valence-corrected chi connectivity index (χ0v) is 67.3. The highest BCUT2D eigenvalue weighted by Gasteiger charge is 2.30. The molecule has 0 amide bonds. The predicted molar refractivity (Wildman–Crippen MR) is 409 cm³/mol. The molecule has 0 bridgehead atoms. The van der Waals surface area contributed by atoms with Gasteiger partial charge in [-0.3, -0.25) is 37.3 Å². The number of phosphoric ester groups is 2. The molecule has 0 aromatic heterocycles. The minimum atomic E-state index is -4.96. The molecule has 0 rings (SSSR count). The average Bonchev–Trinajstić information content (AvgIpc) is 0.967. The van der Waals surface area contributed by atoms with E-state index in [4.69, 9.17) is 37.0 Å². The van der Waals surface area contributed by atoms with Crippen molar-refractivity contribution in [3.63, 3.8) is 0 Å². The van der Waals surface area contributed by atoms with Crippen LogP contribution in [0.25, 0.3) is 0 Å². The van der Waals surface area contributed by atoms with Crippen molar-refractivity contribution in [3.05, 3.63) is 0 Å². The number of carbonyl (C=O) groups is 4. The van der Waals surface area contributed by atoms with E-state index in [1.54, 1.807) is 0 Å². The molecule has 0 aromatic carbocycles. The van der Waals surface area contributed by atoms with Crippen molar-refractivity contribution < 1.29 is 80.2 Å². The fourth-order valence-electron chi connectivity index (χ4n) is 12.5. The van der Waals surface area contributed by atoms with Crippen molar-refractivity contribution in [1.29, 1.82) is 0 Å². The van der Waals surface area contributed by atoms with Crippen LogP contribution in [0.15, 0.2) is 0 Å². The third kappa shape index (κ3) is 74.3. The van der Waals surface area contributed by atoms with E-state index in [1.807, 2.05) is 0 Å². The Morgan fingerprint density at radius 1 is 0.270 bits per heavy atom. The van der Waals surface area contributed by atoms with E-state index in [1.165, 1.54) is 244 Å². The normalized spacial score (nSPS) is 13.9. The number of aliphatic hydroxyl groups excluding tert-OH is 1. The minimum Gasteiger partial charge on any atom is -0.462 e. The number of phosphoric acid groups is 2. The Hall–Kier alpha value is -1.94. The molecule has 594 valence electrons. The molecular weight excluding hydrogens is 1310 g/mol. The molecule has 0 saturated heterocycles. The van der Waals surface area contributed by atoms with Crippen LogP contribution >= 0.6 is 15.6 Å². The van der Waals surface area contributed by atoms with Crippen molar-refractivity contribution >= 4 is 39.5 Å². The van der Waals surface area contributed by atoms with Crippen LogP contribution < -0.4 is 0 Å². The fraction of sp³-hybridized carbons (Fsp3) is 0.951. The second-order valence-electron chi connectivity index (χ2n) is 30.1. The zero-order valence-electron chi connectivity index (χ0n) is 65.5. The second-order valence-corrected chi connectivity index (χ2v) is 33.0. The number of hydrogen-bond donors (Lipinski definition) is 3. The molecule has 17 nitrogen and oxygen atoms in total. The maximum absolute atomic E-state index is 13.1. The van der Waals surface area contributed by atoms with Gasteiger partial charge >= 0.3 is 39.5 Å². The summed E-state index contributed by atoms with van der Waals surface area (Å²) < 4.78 is 68.7. The maximum atomic E-state index is 13.1. The number of unbranched alkanes of at least 4 members (excludes halogenated alkanes) is 50. The molecule has 3 N–H and O–H groups in total. The fourth-order valence-corrected chi connectivity index (χ4v) is 14.1. The van der Waals surface area contributed by atoms with Gasteiger partial charge in [-0.15, -0.1) is 0 Å². The third-order valence-electron chi connectivity index (χ3n) is 19.0. The van der Waals surface area contributed by atoms with Gasteiger partial charge in [0.1, 0.15) is 19.3 Å². The monoisotopic (exact) mass is 1470 g/mol. The van der Waals surface area contributed by atoms with Crippen molar-refractivity contribution in [3.8, 4) is 0 Å². The van der Waals surface area contributed by atoms with Gasteiger partial charge in [0.15, 0.2) is 12.2 Å². The number of rotatable bonds is 80. The highest BCUT2D eigenvalue weighted by atomic mass is 31.2. The molecule has 100 heavy (non-hydrogen) atoms. The number of aliphatic hydroxyl groups is 1. The van der Waals surface area contributed by atoms with Gasteiger partial charge < -0.3 is 33.8 Å². The lowest BCUT2D eigenvalue weighted by molar-refractivity contribution is -0.161. The Labute approximate surface area is 613 Å². The molecule has 0 aliphatic carbocycles. The van der Waals surface area contributed by atoms with Crippen LogP contribution in [0, 0.1) is 11.8 Å². The summed E-state index contributed by atoms with van der Waals surface area (Å²) in [5.41, 5.74) is 0. The quantitative estimate of drug-likeness (QED) is 0.0222. The van der Waals surface area contributed by atoms with E-state index >= 15 is 0 Å². The van der Waals surface area contributed by atoms with Crippen LogP contribution in [-0.2, 0) is 65.4 Å². The Kier molecular flexibility index (Phi) is 71.2. The number of hydrogen-bond acceptors (Lipinski definition) is 15. The standard InChI is InChI=1S/C81H158O17P2/c1-7-9-11-13-15-17-18-19-20-21-22-23-26-30-35-41-47-53-59-65-80(85)98-77(70-92-79(84)64-58-52-46-40-34-29-27-24-25-28-32-38-43-49-55-61-73(3)4)72-96-100(89,90)94-68-75(82)67-93-99(87,88)95-71-76(69-91-78(83)63-57-51-45-37-16-14-12-10-8-2)97-81(86)66-60-54-48-42-36-31-33-39-44-50-56-62-74(5)6/h73-77,82H,7-72H2,1-6H3,(H,87,88)(H,89,90)/t75-,76+,77+/m0/s1. The van der Waals surface area contributed by atoms with Gasteiger partial charge in [0.05, 0.1) is 26.4 Å². The van der Waals surface area contributed by atoms with Crippen LogP contribution in [0.4, 0.5) is 0 Å². The van der Waals surface area contributed by atoms with Crippen LogP contribution in [0.2, 0.25) is 0 Å². The maximum Gasteiger partial charge on any atom is 0.472 e. The Morgan fingerprint density at radius 2 is 0.460 bits per heavy atom. The molecule has 0 radical (unpaired) electrons. The van der Waals surface area contributed by atoms with Crippen LogP contribution in [0.1, 0.15) is 427 Å². The third-order valence-corrected chi connectivity index (χ3v) is 20.9. The van der Waals surface area contributed by atoms with Gasteiger partial charge in [-0.05, 0) is 37.5 Å². The van der Waals surface area contributed by atoms with Gasteiger partial charge in [0, 0.05) is 25.7 Å². The smallest absolute Gasteiger partial charge is 0.462 e. The molecule has 0 spiro atoms. The first-order valence-electron chi connectivity index (χ1n) is 42.0. The van der Waals surface area contributed by atoms with Crippen molar-refractivity contribution in [2.45, 2.75) is 445 Å². The minimum absolute atomic E-state index is 0.107. The molecule has 0 aliphatic heterocycles. The summed E-state index contributed by atoms with van der Waals surface area (Å²) in [5, 5.41) is 10.6. The van der Waals surface area contributed by atoms with Crippen molar-refractivity contribution in [1.82, 2.24) is 0 Å². The number of carbonyl (C=O) groups excluding carboxylic acids is 4. The second kappa shape index (κ2) is 72.6. The Balaban J connectivity index is 5.22. The lowest BCUT2D eigenvalue weighted by Crippen LogP contribution is -2.30. The first kappa shape index (κ1) is 98.1. The summed E-state index contributed by atoms with van der Waals surface area (Å²) in [4.78, 5) is 73.0. The summed E-state index contributed by atoms with van der Waals surface area (Å²) in [7, 11) is -9.92. The first-order chi connectivity index (χ1) is 48.4. The topological polar surface area (TPSA) is 237 Å². The van der Waals surface area contributed by atoms with E-state index in [0.717, 1.165) is 102 Å². The van der Waals surface area contributed by atoms with Gasteiger partial charge in [-0.25, -0.2) is 9.13 Å². The first-order valence-corrected chi connectivity index (χ1v) is 45.0. The van der Waals surface area contributed by atoms with Crippen LogP contribution in [0.5, 0.6) is 0 Å². The Morgan fingerprint density at radius 3 is 0.680 bits per heavy atom. The highest BCUT2D eigenvalue weighted by molar-refractivity contribution is 7.47. The summed E-state index contributed by atoms with van der Waals surface area (Å²) >= 11 is 0. The van der Waals surface area contributed by atoms with E-state index in [-0.39, 0.29) is 25.7 Å². The molecule has 0 fully saturated rings. The molecule has 0 saturated carbocycles. The van der Waals surface area contributed by atoms with Crippen molar-refractivity contribution in [2.24, 2.45) is 11.8 Å². The molecular formula is C81H158O17P2. The molecule has 0 aliphatic rings. The summed E-state index contributed by atoms with van der Waals surface area (Å²) in [6, 6.07) is 0. The SMILES string of the molecule is CCCCCCCCCCCCCCCCCCCCCC(=O)O[C@H](COC(=O)CCCCCCCCCCCCCCCCCC(C)C)COP(=O)(O)OC[C@@H](O)COP(=O)(O)OC[C@@H](COC(=O)CCCCCCCCCCC)OC(=O)CCCCCCCCCCCCCC(C)C. The summed E-state index contributed by atoms with van der Waals surface area (Å²) in [5.74, 6) is -0.537. The predicted octanol–water partition coefficient (Wildman–Crippen LogP) is 24.3. The average molecular weight is 1470 g/mol. The highest BCUT2D eigenvalue weighted by Crippen LogP contribution is 2.45. The van der Waals surface area contributed by atoms with E-state index in [9.17, 15) is 43.2 Å². The largest absolute Gasteiger partial charge is 0.472 e. The molecule has 2 unspecified atom stereocenters. The van der Waals surface area contributed by atoms with Crippen molar-refractivity contribution in [2.75, 3.05) is 39.6 Å². The van der Waals surface area contributed by atoms with E-state index < -0.39 is 97.5 Å². The summed E-state index contributed by atoms with van der Waals surface area (Å²) in [6.07, 6.45) is 62.5. The molecule has 0 aromatic rings. The summed E-state index contributed by atoms with van der Waals surface area (Å²) in [6.45, 7) is 9.65. The van der Waals surface area contributed by atoms with E-state index in [2.05, 4.69) is 41.5 Å². The van der Waals surface area contributed by atoms with Gasteiger partial charge in [0.2, 0.25) is 0 Å². The van der Waals surface area contributed by atoms with Gasteiger partial charge in [0.25, 0.3) is 0 Å². The molecule has 0 heterocycles. The zero-order chi connectivity index (χ0) is 73.5. The number of esters is 4. The molecule has 19 heteroatoms. The van der Waals surface area contributed by atoms with Gasteiger partial charge in [-0.1, -0.05) is 375 Å². The van der Waals surface area contributed by atoms with Gasteiger partial charge in [-0.2, -0.15) is 0 Å². The lowest BCUT2D eigenvalue weighted by atomic mass is 10.0. The number of ether oxygens (including phenoxy) is 4. The van der Waals surface area contributed by atoms with E-state index in [0.29, 0.717) is 25.7 Å².